The maximum absolute atomic E-state index is 12.6. The number of rotatable bonds is 8. The normalized spacial score (nSPS) is 10.5. The number of methoxy groups -OCH3 is 1. The van der Waals surface area contributed by atoms with Gasteiger partial charge in [0.15, 0.2) is 11.6 Å². The second-order valence-electron chi connectivity index (χ2n) is 6.93. The molecule has 2 N–H and O–H groups in total. The molecular weight excluding hydrogens is 422 g/mol. The van der Waals surface area contributed by atoms with Crippen LogP contribution in [0.15, 0.2) is 61.2 Å². The number of hydrogen-bond acceptors (Lipinski definition) is 9. The first-order chi connectivity index (χ1) is 16.1. The van der Waals surface area contributed by atoms with E-state index in [0.29, 0.717) is 23.1 Å². The molecule has 0 fully saturated rings. The van der Waals surface area contributed by atoms with Crippen LogP contribution in [-0.2, 0) is 11.8 Å². The van der Waals surface area contributed by atoms with Gasteiger partial charge in [0.25, 0.3) is 0 Å². The molecule has 1 aromatic carbocycles. The van der Waals surface area contributed by atoms with Gasteiger partial charge in [-0.15, -0.1) is 0 Å². The van der Waals surface area contributed by atoms with Crippen molar-refractivity contribution in [2.45, 2.75) is 6.92 Å². The van der Waals surface area contributed by atoms with Gasteiger partial charge in [0.2, 0.25) is 5.95 Å². The van der Waals surface area contributed by atoms with Crippen LogP contribution in [0.25, 0.3) is 11.3 Å². The highest BCUT2D eigenvalue weighted by atomic mass is 16.5. The Bertz CT molecular complexity index is 1260. The summed E-state index contributed by atoms with van der Waals surface area (Å²) < 4.78 is 12.5. The maximum atomic E-state index is 12.6. The first-order valence-electron chi connectivity index (χ1n) is 10.2. The highest BCUT2D eigenvalue weighted by Gasteiger charge is 2.19. The number of aryl methyl sites for hydroxylation is 1. The van der Waals surface area contributed by atoms with Gasteiger partial charge in [-0.1, -0.05) is 12.1 Å². The molecule has 0 aliphatic carbocycles. The molecule has 4 aromatic rings. The van der Waals surface area contributed by atoms with Crippen LogP contribution in [0.3, 0.4) is 0 Å². The zero-order chi connectivity index (χ0) is 23.2. The lowest BCUT2D eigenvalue weighted by atomic mass is 10.1. The fourth-order valence-electron chi connectivity index (χ4n) is 3.22. The van der Waals surface area contributed by atoms with E-state index < -0.39 is 5.97 Å². The van der Waals surface area contributed by atoms with E-state index in [2.05, 4.69) is 30.7 Å². The van der Waals surface area contributed by atoms with Crippen LogP contribution >= 0.6 is 0 Å². The number of hydrogen-bond donors (Lipinski definition) is 2. The van der Waals surface area contributed by atoms with Crippen LogP contribution in [0.2, 0.25) is 0 Å². The maximum Gasteiger partial charge on any atom is 0.343 e. The summed E-state index contributed by atoms with van der Waals surface area (Å²) in [5.74, 6) is 0.587. The van der Waals surface area contributed by atoms with Crippen molar-refractivity contribution in [3.63, 3.8) is 0 Å². The van der Waals surface area contributed by atoms with Gasteiger partial charge in [-0.05, 0) is 31.2 Å². The Morgan fingerprint density at radius 3 is 2.67 bits per heavy atom. The molecule has 4 rings (SSSR count). The van der Waals surface area contributed by atoms with Crippen molar-refractivity contribution < 1.29 is 14.3 Å². The van der Waals surface area contributed by atoms with Crippen LogP contribution in [0.1, 0.15) is 17.3 Å². The molecule has 0 atom stereocenters. The Kier molecular flexibility index (Phi) is 6.44. The van der Waals surface area contributed by atoms with E-state index in [0.717, 1.165) is 11.3 Å². The summed E-state index contributed by atoms with van der Waals surface area (Å²) in [5.41, 5.74) is 3.06. The Balaban J connectivity index is 1.74. The second kappa shape index (κ2) is 9.77. The molecule has 33 heavy (non-hydrogen) atoms. The predicted molar refractivity (Wildman–Crippen MR) is 124 cm³/mol. The fourth-order valence-corrected chi connectivity index (χ4v) is 3.22. The van der Waals surface area contributed by atoms with Gasteiger partial charge in [0, 0.05) is 31.2 Å². The third kappa shape index (κ3) is 4.90. The SMILES string of the molecule is CCOC(=O)c1cnc(Nc2cnn(C)c2)nc1Nc1cccc(-c2ccccn2)c1OC. The lowest BCUT2D eigenvalue weighted by molar-refractivity contribution is 0.0526. The largest absolute Gasteiger partial charge is 0.494 e. The Hall–Kier alpha value is -4.47. The van der Waals surface area contributed by atoms with Gasteiger partial charge in [0.05, 0.1) is 37.0 Å². The molecule has 10 heteroatoms. The minimum absolute atomic E-state index is 0.193. The molecule has 168 valence electrons. The van der Waals surface area contributed by atoms with Gasteiger partial charge in [-0.2, -0.15) is 10.1 Å². The lowest BCUT2D eigenvalue weighted by Crippen LogP contribution is -2.12. The Morgan fingerprint density at radius 2 is 1.97 bits per heavy atom. The minimum Gasteiger partial charge on any atom is -0.494 e. The van der Waals surface area contributed by atoms with E-state index in [4.69, 9.17) is 9.47 Å². The van der Waals surface area contributed by atoms with Crippen molar-refractivity contribution >= 4 is 29.1 Å². The molecule has 10 nitrogen and oxygen atoms in total. The molecule has 0 saturated carbocycles. The van der Waals surface area contributed by atoms with Gasteiger partial charge in [0.1, 0.15) is 5.56 Å². The lowest BCUT2D eigenvalue weighted by Gasteiger charge is -2.16. The molecule has 0 saturated heterocycles. The van der Waals surface area contributed by atoms with Crippen molar-refractivity contribution in [1.29, 1.82) is 0 Å². The number of para-hydroxylation sites is 1. The molecule has 0 unspecified atom stereocenters. The molecule has 0 aliphatic rings. The first kappa shape index (κ1) is 21.8. The number of aromatic nitrogens is 5. The summed E-state index contributed by atoms with van der Waals surface area (Å²) >= 11 is 0. The number of anilines is 4. The number of carbonyl (C=O) groups excluding carboxylic acids is 1. The summed E-state index contributed by atoms with van der Waals surface area (Å²) in [7, 11) is 3.39. The average Bonchev–Trinajstić information content (AvgIpc) is 3.24. The number of carbonyl (C=O) groups is 1. The van der Waals surface area contributed by atoms with Gasteiger partial charge in [-0.25, -0.2) is 9.78 Å². The van der Waals surface area contributed by atoms with Crippen LogP contribution < -0.4 is 15.4 Å². The van der Waals surface area contributed by atoms with Crippen molar-refractivity contribution in [1.82, 2.24) is 24.7 Å². The summed E-state index contributed by atoms with van der Waals surface area (Å²) in [4.78, 5) is 25.7. The summed E-state index contributed by atoms with van der Waals surface area (Å²) in [6, 6.07) is 11.3. The number of ether oxygens (including phenoxy) is 2. The van der Waals surface area contributed by atoms with Crippen molar-refractivity contribution in [2.75, 3.05) is 24.4 Å². The number of nitrogens with one attached hydrogen (secondary N) is 2. The molecule has 3 aromatic heterocycles. The third-order valence-electron chi connectivity index (χ3n) is 4.66. The van der Waals surface area contributed by atoms with Crippen LogP contribution in [0.5, 0.6) is 5.75 Å². The summed E-state index contributed by atoms with van der Waals surface area (Å²) in [5, 5.41) is 10.4. The molecule has 0 spiro atoms. The summed E-state index contributed by atoms with van der Waals surface area (Å²) in [6.07, 6.45) is 6.57. The quantitative estimate of drug-likeness (QED) is 0.389. The molecule has 0 bridgehead atoms. The van der Waals surface area contributed by atoms with Crippen LogP contribution in [0, 0.1) is 0 Å². The topological polar surface area (TPSA) is 116 Å². The molecule has 3 heterocycles. The zero-order valence-corrected chi connectivity index (χ0v) is 18.4. The third-order valence-corrected chi connectivity index (χ3v) is 4.66. The average molecular weight is 445 g/mol. The van der Waals surface area contributed by atoms with Gasteiger partial charge < -0.3 is 20.1 Å². The van der Waals surface area contributed by atoms with E-state index in [1.54, 1.807) is 37.3 Å². The standard InChI is InChI=1S/C23H23N7O3/c1-4-33-22(31)17-13-25-23(27-15-12-26-30(2)14-15)29-21(17)28-19-10-7-8-16(20(19)32-3)18-9-5-6-11-24-18/h5-14H,4H2,1-3H3,(H2,25,27,28,29). The predicted octanol–water partition coefficient (Wildman–Crippen LogP) is 3.94. The first-order valence-corrected chi connectivity index (χ1v) is 10.2. The van der Waals surface area contributed by atoms with Gasteiger partial charge >= 0.3 is 5.97 Å². The number of nitrogens with zero attached hydrogens (tertiary/aromatic N) is 5. The van der Waals surface area contributed by atoms with Crippen LogP contribution in [-0.4, -0.2) is 44.4 Å². The van der Waals surface area contributed by atoms with E-state index in [1.165, 1.54) is 6.20 Å². The zero-order valence-electron chi connectivity index (χ0n) is 18.4. The highest BCUT2D eigenvalue weighted by Crippen LogP contribution is 2.37. The molecule has 0 aliphatic heterocycles. The Labute approximate surface area is 190 Å². The second-order valence-corrected chi connectivity index (χ2v) is 6.93. The highest BCUT2D eigenvalue weighted by molar-refractivity contribution is 5.96. The van der Waals surface area contributed by atoms with E-state index >= 15 is 0 Å². The molecule has 0 amide bonds. The van der Waals surface area contributed by atoms with E-state index in [9.17, 15) is 4.79 Å². The van der Waals surface area contributed by atoms with E-state index in [-0.39, 0.29) is 18.0 Å². The van der Waals surface area contributed by atoms with Crippen molar-refractivity contribution in [3.05, 3.63) is 66.7 Å². The monoisotopic (exact) mass is 445 g/mol. The Morgan fingerprint density at radius 1 is 1.09 bits per heavy atom. The summed E-state index contributed by atoms with van der Waals surface area (Å²) in [6.45, 7) is 1.97. The minimum atomic E-state index is -0.534. The van der Waals surface area contributed by atoms with Crippen LogP contribution in [0.4, 0.5) is 23.1 Å². The molecule has 0 radical (unpaired) electrons. The van der Waals surface area contributed by atoms with E-state index in [1.807, 2.05) is 43.4 Å². The number of pyridine rings is 1. The smallest absolute Gasteiger partial charge is 0.343 e. The van der Waals surface area contributed by atoms with Crippen molar-refractivity contribution in [3.8, 4) is 17.0 Å². The van der Waals surface area contributed by atoms with Gasteiger partial charge in [-0.3, -0.25) is 9.67 Å². The molecular formula is C23H23N7O3. The van der Waals surface area contributed by atoms with Crippen molar-refractivity contribution in [2.24, 2.45) is 7.05 Å². The number of esters is 1. The number of benzene rings is 1. The fraction of sp³-hybridized carbons (Fsp3) is 0.174.